The van der Waals surface area contributed by atoms with Crippen molar-refractivity contribution in [2.45, 2.75) is 34.8 Å². The molecule has 5 rings (SSSR count). The van der Waals surface area contributed by atoms with E-state index in [0.29, 0.717) is 5.92 Å². The van der Waals surface area contributed by atoms with E-state index in [2.05, 4.69) is 79.8 Å². The molecular weight excluding hydrogens is 438 g/mol. The Labute approximate surface area is 174 Å². The SMILES string of the molecule is CC[CH](C1C=Cc2ccccc21)[Zr+2]1([CH]2C=Cc3ccccc32)[CH2][CH2]1.[Cl-].[Cl-]. The molecule has 3 aliphatic rings. The summed E-state index contributed by atoms with van der Waals surface area (Å²) >= 11 is -2.16. The molecule has 3 atom stereocenters. The van der Waals surface area contributed by atoms with Crippen LogP contribution in [0, 0.1) is 0 Å². The topological polar surface area (TPSA) is 0 Å². The van der Waals surface area contributed by atoms with Gasteiger partial charge in [0.25, 0.3) is 0 Å². The first kappa shape index (κ1) is 20.1. The Balaban J connectivity index is 0.000000980. The molecule has 1 aliphatic heterocycles. The average Bonchev–Trinajstić information content (AvgIpc) is 3.12. The van der Waals surface area contributed by atoms with E-state index in [0.717, 1.165) is 7.25 Å². The molecule has 1 saturated heterocycles. The first-order chi connectivity index (χ1) is 11.8. The van der Waals surface area contributed by atoms with Crippen molar-refractivity contribution in [2.75, 3.05) is 0 Å². The van der Waals surface area contributed by atoms with E-state index in [9.17, 15) is 0 Å². The minimum absolute atomic E-state index is 0. The molecule has 0 N–H and O–H groups in total. The van der Waals surface area contributed by atoms with Gasteiger partial charge in [-0.05, 0) is 0 Å². The van der Waals surface area contributed by atoms with Gasteiger partial charge in [-0.15, -0.1) is 0 Å². The van der Waals surface area contributed by atoms with Crippen molar-refractivity contribution in [3.05, 3.63) is 82.9 Å². The van der Waals surface area contributed by atoms with E-state index in [4.69, 9.17) is 0 Å². The summed E-state index contributed by atoms with van der Waals surface area (Å²) in [6.07, 6.45) is 11.2. The second-order valence-electron chi connectivity index (χ2n) is 7.73. The third-order valence-electron chi connectivity index (χ3n) is 6.70. The first-order valence-electron chi connectivity index (χ1n) is 9.38. The number of fused-ring (bicyclic) bond motifs is 2. The number of halogens is 2. The summed E-state index contributed by atoms with van der Waals surface area (Å²) in [5, 5.41) is 0. The summed E-state index contributed by atoms with van der Waals surface area (Å²) in [7, 11) is 0. The fraction of sp³-hybridized carbons (Fsp3) is 0.304. The molecule has 26 heavy (non-hydrogen) atoms. The summed E-state index contributed by atoms with van der Waals surface area (Å²) in [6.45, 7) is 2.45. The van der Waals surface area contributed by atoms with E-state index >= 15 is 0 Å². The molecule has 1 heterocycles. The zero-order valence-electron chi connectivity index (χ0n) is 15.0. The number of hydrogen-bond acceptors (Lipinski definition) is 0. The maximum Gasteiger partial charge on any atom is -1.00 e. The molecule has 2 aromatic rings. The van der Waals surface area contributed by atoms with Crippen LogP contribution in [-0.2, 0) is 20.3 Å². The first-order valence-corrected chi connectivity index (χ1v) is 15.7. The van der Waals surface area contributed by atoms with Gasteiger partial charge in [-0.3, -0.25) is 0 Å². The maximum absolute atomic E-state index is 2.58. The van der Waals surface area contributed by atoms with E-state index in [1.54, 1.807) is 19.4 Å². The molecule has 134 valence electrons. The van der Waals surface area contributed by atoms with Gasteiger partial charge in [-0.2, -0.15) is 0 Å². The van der Waals surface area contributed by atoms with Gasteiger partial charge in [0.15, 0.2) is 0 Å². The second kappa shape index (κ2) is 7.78. The molecule has 2 aliphatic carbocycles. The van der Waals surface area contributed by atoms with Crippen LogP contribution >= 0.6 is 0 Å². The van der Waals surface area contributed by atoms with Crippen LogP contribution < -0.4 is 24.8 Å². The third-order valence-corrected chi connectivity index (χ3v) is 20.6. The Morgan fingerprint density at radius 1 is 0.846 bits per heavy atom. The molecule has 3 unspecified atom stereocenters. The van der Waals surface area contributed by atoms with Crippen molar-refractivity contribution in [1.82, 2.24) is 0 Å². The molecule has 0 amide bonds. The second-order valence-corrected chi connectivity index (χ2v) is 19.6. The van der Waals surface area contributed by atoms with Crippen molar-refractivity contribution in [3.63, 3.8) is 0 Å². The van der Waals surface area contributed by atoms with Crippen molar-refractivity contribution >= 4 is 12.2 Å². The van der Waals surface area contributed by atoms with Crippen LogP contribution in [0.15, 0.2) is 60.7 Å². The van der Waals surface area contributed by atoms with Crippen molar-refractivity contribution in [3.8, 4) is 0 Å². The predicted molar refractivity (Wildman–Crippen MR) is 100 cm³/mol. The smallest absolute Gasteiger partial charge is 1.00 e. The Bertz CT molecular complexity index is 851. The maximum atomic E-state index is 2.58. The normalized spacial score (nSPS) is 23.0. The van der Waals surface area contributed by atoms with Gasteiger partial charge in [-0.1, -0.05) is 0 Å². The molecule has 0 saturated carbocycles. The predicted octanol–water partition coefficient (Wildman–Crippen LogP) is 0.776. The fourth-order valence-corrected chi connectivity index (χ4v) is 22.7. The number of allylic oxidation sites excluding steroid dienone is 2. The van der Waals surface area contributed by atoms with Crippen LogP contribution in [0.25, 0.3) is 12.2 Å². The summed E-state index contributed by atoms with van der Waals surface area (Å²) in [5.41, 5.74) is 6.20. The van der Waals surface area contributed by atoms with Crippen LogP contribution in [0.2, 0.25) is 11.9 Å². The van der Waals surface area contributed by atoms with Crippen LogP contribution in [0.1, 0.15) is 45.1 Å². The standard InChI is InChI=1S/C12H13.C9H7.C2H4.2ClH.Zr/c1-2-5-10-8-9-11-6-3-4-7-12(10)11;1-2-5-9-7-3-6-8(9)4-1;1-2;;;/h3-10H,2H2,1H3;1-7H;1-2H2;2*1H;/q;;;;;+2/p-2. The Morgan fingerprint density at radius 2 is 1.42 bits per heavy atom. The summed E-state index contributed by atoms with van der Waals surface area (Å²) in [4.78, 5) is 0. The van der Waals surface area contributed by atoms with Crippen LogP contribution in [0.3, 0.4) is 0 Å². The van der Waals surface area contributed by atoms with Crippen molar-refractivity contribution < 1.29 is 45.1 Å². The van der Waals surface area contributed by atoms with E-state index in [-0.39, 0.29) is 24.8 Å². The molecule has 0 aromatic heterocycles. The fourth-order valence-electron chi connectivity index (χ4n) is 5.45. The average molecular weight is 463 g/mol. The van der Waals surface area contributed by atoms with Gasteiger partial charge in [0.05, 0.1) is 0 Å². The Hall–Kier alpha value is -0.617. The number of hydrogen-bond donors (Lipinski definition) is 0. The van der Waals surface area contributed by atoms with Crippen LogP contribution in [0.4, 0.5) is 0 Å². The van der Waals surface area contributed by atoms with Crippen LogP contribution in [0.5, 0.6) is 0 Å². The molecule has 1 fully saturated rings. The quantitative estimate of drug-likeness (QED) is 0.630. The molecule has 2 aromatic carbocycles. The Morgan fingerprint density at radius 3 is 2.08 bits per heavy atom. The zero-order valence-corrected chi connectivity index (χ0v) is 19.0. The minimum atomic E-state index is -2.16. The van der Waals surface area contributed by atoms with Crippen molar-refractivity contribution in [1.29, 1.82) is 0 Å². The van der Waals surface area contributed by atoms with E-state index in [1.807, 2.05) is 0 Å². The molecule has 0 bridgehead atoms. The number of rotatable bonds is 4. The van der Waals surface area contributed by atoms with Gasteiger partial charge in [0.1, 0.15) is 0 Å². The van der Waals surface area contributed by atoms with E-state index < -0.39 is 20.3 Å². The number of benzene rings is 2. The molecule has 3 heteroatoms. The monoisotopic (exact) mass is 460 g/mol. The summed E-state index contributed by atoms with van der Waals surface area (Å²) in [5.74, 6) is 0.686. The molecular formula is C23H24Cl2Zr. The third kappa shape index (κ3) is 3.01. The van der Waals surface area contributed by atoms with Gasteiger partial charge in [-0.25, -0.2) is 0 Å². The molecule has 0 nitrogen and oxygen atoms in total. The Kier molecular flexibility index (Phi) is 6.03. The van der Waals surface area contributed by atoms with Crippen LogP contribution in [-0.4, -0.2) is 0 Å². The van der Waals surface area contributed by atoms with Crippen molar-refractivity contribution in [2.24, 2.45) is 0 Å². The zero-order chi connectivity index (χ0) is 16.1. The molecule has 0 radical (unpaired) electrons. The summed E-state index contributed by atoms with van der Waals surface area (Å²) in [6, 6.07) is 18.2. The van der Waals surface area contributed by atoms with Gasteiger partial charge < -0.3 is 24.8 Å². The summed E-state index contributed by atoms with van der Waals surface area (Å²) < 4.78 is 4.94. The van der Waals surface area contributed by atoms with Gasteiger partial charge in [0, 0.05) is 0 Å². The van der Waals surface area contributed by atoms with Gasteiger partial charge in [0.2, 0.25) is 0 Å². The largest absolute Gasteiger partial charge is 1.00 e. The molecule has 0 spiro atoms. The van der Waals surface area contributed by atoms with Gasteiger partial charge >= 0.3 is 150 Å². The van der Waals surface area contributed by atoms with E-state index in [1.165, 1.54) is 17.5 Å². The minimum Gasteiger partial charge on any atom is -1.00 e.